The van der Waals surface area contributed by atoms with Crippen LogP contribution in [0.5, 0.6) is 0 Å². The summed E-state index contributed by atoms with van der Waals surface area (Å²) >= 11 is 1.48. The maximum atomic E-state index is 13.5. The molecular weight excluding hydrogens is 526 g/mol. The van der Waals surface area contributed by atoms with Gasteiger partial charge >= 0.3 is 11.9 Å². The average Bonchev–Trinajstić information content (AvgIpc) is 3.56. The first-order valence-electron chi connectivity index (χ1n) is 12.8. The van der Waals surface area contributed by atoms with Crippen molar-refractivity contribution < 1.29 is 34.2 Å². The largest absolute Gasteiger partial charge is 0.481 e. The molecule has 212 valence electrons. The van der Waals surface area contributed by atoms with Crippen LogP contribution < -0.4 is 16.4 Å². The standard InChI is InChI=1S/C26H35N5O7S/c1-39-12-10-19(29-23(34)17(27)8-9-22(32)33)25(36)31-11-4-7-21(31)24(35)30-20(26(37)38)13-15-14-28-18-6-3-2-5-16(15)18/h2-3,5-6,14,17,19-21,28H,4,7-13,27H2,1H3,(H,29,34)(H,30,35)(H,32,33)(H,37,38). The molecule has 1 saturated heterocycles. The average molecular weight is 562 g/mol. The second-order valence-electron chi connectivity index (χ2n) is 9.53. The molecule has 2 aromatic rings. The second-order valence-corrected chi connectivity index (χ2v) is 10.5. The Kier molecular flexibility index (Phi) is 10.8. The molecule has 2 heterocycles. The van der Waals surface area contributed by atoms with Crippen molar-refractivity contribution in [1.29, 1.82) is 0 Å². The summed E-state index contributed by atoms with van der Waals surface area (Å²) in [7, 11) is 0. The summed E-state index contributed by atoms with van der Waals surface area (Å²) in [4.78, 5) is 66.6. The minimum atomic E-state index is -1.20. The summed E-state index contributed by atoms with van der Waals surface area (Å²) < 4.78 is 0. The van der Waals surface area contributed by atoms with E-state index in [1.54, 1.807) is 6.20 Å². The summed E-state index contributed by atoms with van der Waals surface area (Å²) in [6.45, 7) is 0.286. The number of aromatic amines is 1. The summed E-state index contributed by atoms with van der Waals surface area (Å²) in [6, 6.07) is 3.34. The number of likely N-dealkylation sites (tertiary alicyclic amines) is 1. The lowest BCUT2D eigenvalue weighted by Gasteiger charge is -2.30. The number of aromatic nitrogens is 1. The number of nitrogens with one attached hydrogen (secondary N) is 3. The lowest BCUT2D eigenvalue weighted by atomic mass is 10.0. The zero-order chi connectivity index (χ0) is 28.5. The molecule has 1 aliphatic rings. The van der Waals surface area contributed by atoms with E-state index in [-0.39, 0.29) is 25.8 Å². The zero-order valence-corrected chi connectivity index (χ0v) is 22.5. The number of thioether (sulfide) groups is 1. The first-order chi connectivity index (χ1) is 18.6. The SMILES string of the molecule is CSCCC(NC(=O)C(N)CCC(=O)O)C(=O)N1CCCC1C(=O)NC(Cc1c[nH]c2ccccc12)C(=O)O. The number of H-pyrrole nitrogens is 1. The van der Waals surface area contributed by atoms with Crippen molar-refractivity contribution in [3.05, 3.63) is 36.0 Å². The Bertz CT molecular complexity index is 1200. The smallest absolute Gasteiger partial charge is 0.326 e. The van der Waals surface area contributed by atoms with Crippen LogP contribution in [0.2, 0.25) is 0 Å². The fourth-order valence-corrected chi connectivity index (χ4v) is 5.14. The first-order valence-corrected chi connectivity index (χ1v) is 14.2. The van der Waals surface area contributed by atoms with Crippen molar-refractivity contribution >= 4 is 52.3 Å². The molecule has 3 amide bonds. The van der Waals surface area contributed by atoms with E-state index in [0.717, 1.165) is 16.5 Å². The molecule has 7 N–H and O–H groups in total. The molecule has 0 spiro atoms. The van der Waals surface area contributed by atoms with Gasteiger partial charge in [-0.25, -0.2) is 4.79 Å². The fraction of sp³-hybridized carbons (Fsp3) is 0.500. The molecule has 4 unspecified atom stereocenters. The molecule has 1 aliphatic heterocycles. The molecule has 4 atom stereocenters. The van der Waals surface area contributed by atoms with Crippen molar-refractivity contribution in [3.63, 3.8) is 0 Å². The predicted octanol–water partition coefficient (Wildman–Crippen LogP) is 0.701. The Labute approximate surface area is 230 Å². The summed E-state index contributed by atoms with van der Waals surface area (Å²) in [6.07, 6.45) is 4.48. The Balaban J connectivity index is 1.69. The molecule has 0 bridgehead atoms. The topological polar surface area (TPSA) is 195 Å². The Morgan fingerprint density at radius 3 is 2.56 bits per heavy atom. The quantitative estimate of drug-likeness (QED) is 0.192. The van der Waals surface area contributed by atoms with Crippen LogP contribution in [0.4, 0.5) is 0 Å². The highest BCUT2D eigenvalue weighted by molar-refractivity contribution is 7.98. The van der Waals surface area contributed by atoms with Crippen LogP contribution in [0.3, 0.4) is 0 Å². The van der Waals surface area contributed by atoms with Gasteiger partial charge in [-0.2, -0.15) is 11.8 Å². The van der Waals surface area contributed by atoms with E-state index in [1.165, 1.54) is 16.7 Å². The van der Waals surface area contributed by atoms with Gasteiger partial charge in [-0.05, 0) is 49.3 Å². The highest BCUT2D eigenvalue weighted by Gasteiger charge is 2.39. The van der Waals surface area contributed by atoms with Crippen molar-refractivity contribution in [2.75, 3.05) is 18.6 Å². The van der Waals surface area contributed by atoms with E-state index in [0.29, 0.717) is 25.0 Å². The predicted molar refractivity (Wildman–Crippen MR) is 146 cm³/mol. The molecular formula is C26H35N5O7S. The number of aliphatic carboxylic acids is 2. The van der Waals surface area contributed by atoms with E-state index >= 15 is 0 Å². The third-order valence-electron chi connectivity index (χ3n) is 6.78. The van der Waals surface area contributed by atoms with E-state index in [9.17, 15) is 29.1 Å². The van der Waals surface area contributed by atoms with Gasteiger partial charge in [0.25, 0.3) is 0 Å². The van der Waals surface area contributed by atoms with Crippen LogP contribution in [0.25, 0.3) is 10.9 Å². The minimum Gasteiger partial charge on any atom is -0.481 e. The third-order valence-corrected chi connectivity index (χ3v) is 7.43. The third kappa shape index (κ3) is 7.96. The van der Waals surface area contributed by atoms with Gasteiger partial charge in [0.1, 0.15) is 18.1 Å². The van der Waals surface area contributed by atoms with E-state index < -0.39 is 53.8 Å². The molecule has 3 rings (SSSR count). The number of carboxylic acid groups (broad SMARTS) is 2. The zero-order valence-electron chi connectivity index (χ0n) is 21.7. The molecule has 0 saturated carbocycles. The van der Waals surface area contributed by atoms with E-state index in [4.69, 9.17) is 10.8 Å². The van der Waals surface area contributed by atoms with Gasteiger partial charge in [-0.15, -0.1) is 0 Å². The summed E-state index contributed by atoms with van der Waals surface area (Å²) in [5.74, 6) is -3.38. The Morgan fingerprint density at radius 1 is 1.13 bits per heavy atom. The van der Waals surface area contributed by atoms with E-state index in [2.05, 4.69) is 15.6 Å². The number of nitrogens with two attached hydrogens (primary N) is 1. The number of para-hydroxylation sites is 1. The number of hydrogen-bond acceptors (Lipinski definition) is 7. The number of amides is 3. The number of carboxylic acids is 2. The van der Waals surface area contributed by atoms with Crippen molar-refractivity contribution in [1.82, 2.24) is 20.5 Å². The Morgan fingerprint density at radius 2 is 1.87 bits per heavy atom. The molecule has 1 aromatic carbocycles. The van der Waals surface area contributed by atoms with Gasteiger partial charge in [0.2, 0.25) is 17.7 Å². The lowest BCUT2D eigenvalue weighted by Crippen LogP contribution is -2.57. The summed E-state index contributed by atoms with van der Waals surface area (Å²) in [5.41, 5.74) is 7.42. The monoisotopic (exact) mass is 561 g/mol. The van der Waals surface area contributed by atoms with Gasteiger partial charge in [0, 0.05) is 36.5 Å². The number of benzene rings is 1. The number of fused-ring (bicyclic) bond motifs is 1. The van der Waals surface area contributed by atoms with Crippen LogP contribution in [-0.2, 0) is 30.4 Å². The van der Waals surface area contributed by atoms with Crippen molar-refractivity contribution in [3.8, 4) is 0 Å². The highest BCUT2D eigenvalue weighted by atomic mass is 32.2. The molecule has 12 nitrogen and oxygen atoms in total. The number of rotatable bonds is 14. The fourth-order valence-electron chi connectivity index (χ4n) is 4.67. The maximum Gasteiger partial charge on any atom is 0.326 e. The van der Waals surface area contributed by atoms with Gasteiger partial charge in [-0.1, -0.05) is 18.2 Å². The van der Waals surface area contributed by atoms with Crippen LogP contribution in [-0.4, -0.2) is 92.5 Å². The molecule has 13 heteroatoms. The number of carbonyl (C=O) groups is 5. The molecule has 1 fully saturated rings. The normalized spacial score (nSPS) is 17.4. The highest BCUT2D eigenvalue weighted by Crippen LogP contribution is 2.22. The number of hydrogen-bond donors (Lipinski definition) is 6. The first kappa shape index (κ1) is 30.0. The van der Waals surface area contributed by atoms with Gasteiger partial charge in [-0.3, -0.25) is 19.2 Å². The minimum absolute atomic E-state index is 0.0619. The number of nitrogens with zero attached hydrogens (tertiary/aromatic N) is 1. The van der Waals surface area contributed by atoms with Crippen molar-refractivity contribution in [2.24, 2.45) is 5.73 Å². The summed E-state index contributed by atoms with van der Waals surface area (Å²) in [5, 5.41) is 24.8. The Hall–Kier alpha value is -3.58. The van der Waals surface area contributed by atoms with Gasteiger partial charge < -0.3 is 36.5 Å². The molecule has 39 heavy (non-hydrogen) atoms. The van der Waals surface area contributed by atoms with Gasteiger partial charge in [0.15, 0.2) is 0 Å². The molecule has 1 aromatic heterocycles. The van der Waals surface area contributed by atoms with Crippen LogP contribution in [0.1, 0.15) is 37.7 Å². The van der Waals surface area contributed by atoms with Crippen LogP contribution >= 0.6 is 11.8 Å². The maximum absolute atomic E-state index is 13.5. The lowest BCUT2D eigenvalue weighted by molar-refractivity contribution is -0.145. The van der Waals surface area contributed by atoms with Gasteiger partial charge in [0.05, 0.1) is 6.04 Å². The second kappa shape index (κ2) is 14.0. The van der Waals surface area contributed by atoms with Crippen molar-refractivity contribution in [2.45, 2.75) is 62.7 Å². The van der Waals surface area contributed by atoms with Crippen LogP contribution in [0, 0.1) is 0 Å². The van der Waals surface area contributed by atoms with Crippen LogP contribution in [0.15, 0.2) is 30.5 Å². The number of carbonyl (C=O) groups excluding carboxylic acids is 3. The van der Waals surface area contributed by atoms with E-state index in [1.807, 2.05) is 30.5 Å². The molecule has 0 radical (unpaired) electrons. The molecule has 0 aliphatic carbocycles.